The molecule has 2 aromatic rings. The molecule has 0 spiro atoms. The van der Waals surface area contributed by atoms with Crippen molar-refractivity contribution < 1.29 is 32.2 Å². The van der Waals surface area contributed by atoms with Crippen molar-refractivity contribution >= 4 is 0 Å². The molecule has 0 aliphatic carbocycles. The van der Waals surface area contributed by atoms with Crippen LogP contribution >= 0.6 is 0 Å². The maximum absolute atomic E-state index is 13.5. The van der Waals surface area contributed by atoms with Crippen LogP contribution in [0.15, 0.2) is 12.3 Å². The molecule has 0 saturated carbocycles. The molecule has 0 amide bonds. The zero-order chi connectivity index (χ0) is 15.0. The number of aromatic hydroxyl groups is 1. The summed E-state index contributed by atoms with van der Waals surface area (Å²) in [6.45, 7) is -0.650. The van der Waals surface area contributed by atoms with Gasteiger partial charge in [0.25, 0.3) is 0 Å². The lowest BCUT2D eigenvalue weighted by Gasteiger charge is -2.09. The normalized spacial score (nSPS) is 10.9. The van der Waals surface area contributed by atoms with Crippen LogP contribution in [0.25, 0.3) is 11.1 Å². The molecule has 0 aliphatic rings. The van der Waals surface area contributed by atoms with Crippen LogP contribution in [-0.2, 0) is 6.61 Å². The molecule has 0 saturated heterocycles. The highest BCUT2D eigenvalue weighted by Gasteiger charge is 2.27. The second-order valence-corrected chi connectivity index (χ2v) is 3.79. The first-order valence-electron chi connectivity index (χ1n) is 5.19. The van der Waals surface area contributed by atoms with Gasteiger partial charge >= 0.3 is 0 Å². The monoisotopic (exact) mass is 291 g/mol. The van der Waals surface area contributed by atoms with E-state index in [4.69, 9.17) is 5.11 Å². The lowest BCUT2D eigenvalue weighted by Crippen LogP contribution is -2.04. The molecule has 0 bridgehead atoms. The number of rotatable bonds is 2. The second kappa shape index (κ2) is 5.04. The fraction of sp³-hybridized carbons (Fsp3) is 0.0833. The smallest absolute Gasteiger partial charge is 0.200 e. The van der Waals surface area contributed by atoms with Crippen molar-refractivity contribution in [3.63, 3.8) is 0 Å². The summed E-state index contributed by atoms with van der Waals surface area (Å²) in [4.78, 5) is 3.47. The van der Waals surface area contributed by atoms with Crippen LogP contribution in [-0.4, -0.2) is 15.2 Å². The average molecular weight is 291 g/mol. The topological polar surface area (TPSA) is 53.4 Å². The Morgan fingerprint density at radius 3 is 1.85 bits per heavy atom. The van der Waals surface area contributed by atoms with E-state index in [1.54, 1.807) is 0 Å². The molecular weight excluding hydrogens is 285 g/mol. The number of aromatic nitrogens is 1. The fourth-order valence-electron chi connectivity index (χ4n) is 1.60. The van der Waals surface area contributed by atoms with E-state index >= 15 is 0 Å². The fourth-order valence-corrected chi connectivity index (χ4v) is 1.60. The summed E-state index contributed by atoms with van der Waals surface area (Å²) in [6, 6.07) is 0.747. The van der Waals surface area contributed by atoms with Crippen molar-refractivity contribution in [1.82, 2.24) is 4.98 Å². The van der Waals surface area contributed by atoms with Crippen LogP contribution in [0.4, 0.5) is 22.0 Å². The van der Waals surface area contributed by atoms with E-state index in [0.29, 0.717) is 0 Å². The number of pyridine rings is 1. The standard InChI is InChI=1S/C12H6F5NO2/c13-8-7(9(14)11(16)12(17)10(8)15)4-1-6(20)5(3-19)18-2-4/h1-2,19-20H,3H2. The molecule has 0 radical (unpaired) electrons. The molecule has 0 atom stereocenters. The van der Waals surface area contributed by atoms with Gasteiger partial charge in [0, 0.05) is 11.8 Å². The minimum atomic E-state index is -2.27. The zero-order valence-electron chi connectivity index (χ0n) is 9.59. The Kier molecular flexibility index (Phi) is 3.58. The van der Waals surface area contributed by atoms with Gasteiger partial charge in [0.05, 0.1) is 12.2 Å². The Hall–Kier alpha value is -2.22. The minimum Gasteiger partial charge on any atom is -0.506 e. The van der Waals surface area contributed by atoms with Crippen molar-refractivity contribution in [2.45, 2.75) is 6.61 Å². The van der Waals surface area contributed by atoms with Crippen LogP contribution in [0.3, 0.4) is 0 Å². The lowest BCUT2D eigenvalue weighted by atomic mass is 10.0. The van der Waals surface area contributed by atoms with Crippen LogP contribution in [0, 0.1) is 29.1 Å². The summed E-state index contributed by atoms with van der Waals surface area (Å²) >= 11 is 0. The molecule has 1 aromatic carbocycles. The Labute approximate surface area is 108 Å². The molecule has 8 heteroatoms. The van der Waals surface area contributed by atoms with Gasteiger partial charge in [-0.15, -0.1) is 0 Å². The third-order valence-electron chi connectivity index (χ3n) is 2.60. The van der Waals surface area contributed by atoms with Gasteiger partial charge in [-0.05, 0) is 6.07 Å². The van der Waals surface area contributed by atoms with Gasteiger partial charge < -0.3 is 10.2 Å². The van der Waals surface area contributed by atoms with Crippen LogP contribution in [0.2, 0.25) is 0 Å². The zero-order valence-corrected chi connectivity index (χ0v) is 9.59. The van der Waals surface area contributed by atoms with Crippen molar-refractivity contribution in [2.24, 2.45) is 0 Å². The quantitative estimate of drug-likeness (QED) is 0.508. The van der Waals surface area contributed by atoms with E-state index in [9.17, 15) is 27.1 Å². The Bertz CT molecular complexity index is 661. The maximum atomic E-state index is 13.5. The first kappa shape index (κ1) is 14.2. The van der Waals surface area contributed by atoms with Gasteiger partial charge in [-0.25, -0.2) is 22.0 Å². The predicted molar refractivity (Wildman–Crippen MR) is 57.1 cm³/mol. The molecule has 20 heavy (non-hydrogen) atoms. The Morgan fingerprint density at radius 1 is 0.900 bits per heavy atom. The van der Waals surface area contributed by atoms with Crippen LogP contribution in [0.1, 0.15) is 5.69 Å². The summed E-state index contributed by atoms with van der Waals surface area (Å²) in [6.07, 6.45) is 0.781. The third-order valence-corrected chi connectivity index (χ3v) is 2.60. The molecule has 0 aliphatic heterocycles. The molecule has 2 N–H and O–H groups in total. The molecule has 1 heterocycles. The molecule has 106 valence electrons. The largest absolute Gasteiger partial charge is 0.506 e. The highest BCUT2D eigenvalue weighted by Crippen LogP contribution is 2.33. The van der Waals surface area contributed by atoms with Gasteiger partial charge in [-0.1, -0.05) is 0 Å². The first-order valence-corrected chi connectivity index (χ1v) is 5.19. The number of halogens is 5. The van der Waals surface area contributed by atoms with Crippen LogP contribution < -0.4 is 0 Å². The third kappa shape index (κ3) is 2.07. The Balaban J connectivity index is 2.73. The summed E-state index contributed by atoms with van der Waals surface area (Å²) in [5.74, 6) is -11.1. The van der Waals surface area contributed by atoms with Gasteiger partial charge in [0.2, 0.25) is 5.82 Å². The van der Waals surface area contributed by atoms with E-state index in [1.165, 1.54) is 0 Å². The van der Waals surface area contributed by atoms with E-state index in [-0.39, 0.29) is 5.69 Å². The molecule has 0 unspecified atom stereocenters. The van der Waals surface area contributed by atoms with Crippen molar-refractivity contribution in [3.8, 4) is 16.9 Å². The van der Waals surface area contributed by atoms with Crippen molar-refractivity contribution in [3.05, 3.63) is 47.0 Å². The van der Waals surface area contributed by atoms with Gasteiger partial charge in [-0.3, -0.25) is 4.98 Å². The average Bonchev–Trinajstić information content (AvgIpc) is 2.43. The predicted octanol–water partition coefficient (Wildman–Crippen LogP) is 2.64. The molecule has 1 aromatic heterocycles. The highest BCUT2D eigenvalue weighted by atomic mass is 19.2. The van der Waals surface area contributed by atoms with Crippen LogP contribution in [0.5, 0.6) is 5.75 Å². The summed E-state index contributed by atoms with van der Waals surface area (Å²) in [5.41, 5.74) is -1.90. The number of hydrogen-bond donors (Lipinski definition) is 2. The molecule has 0 fully saturated rings. The van der Waals surface area contributed by atoms with Crippen molar-refractivity contribution in [1.29, 1.82) is 0 Å². The summed E-state index contributed by atoms with van der Waals surface area (Å²) in [5, 5.41) is 18.2. The number of hydrogen-bond acceptors (Lipinski definition) is 3. The summed E-state index contributed by atoms with van der Waals surface area (Å²) < 4.78 is 66.0. The van der Waals surface area contributed by atoms with E-state index < -0.39 is 52.6 Å². The number of aliphatic hydroxyl groups is 1. The van der Waals surface area contributed by atoms with Gasteiger partial charge in [0.15, 0.2) is 23.3 Å². The minimum absolute atomic E-state index is 0.197. The molecule has 2 rings (SSSR count). The molecule has 3 nitrogen and oxygen atoms in total. The SMILES string of the molecule is OCc1ncc(-c2c(F)c(F)c(F)c(F)c2F)cc1O. The van der Waals surface area contributed by atoms with Gasteiger partial charge in [-0.2, -0.15) is 0 Å². The number of aliphatic hydroxyl groups excluding tert-OH is 1. The van der Waals surface area contributed by atoms with E-state index in [1.807, 2.05) is 0 Å². The number of nitrogens with zero attached hydrogens (tertiary/aromatic N) is 1. The van der Waals surface area contributed by atoms with Crippen molar-refractivity contribution in [2.75, 3.05) is 0 Å². The number of benzene rings is 1. The van der Waals surface area contributed by atoms with E-state index in [2.05, 4.69) is 4.98 Å². The highest BCUT2D eigenvalue weighted by molar-refractivity contribution is 5.66. The van der Waals surface area contributed by atoms with E-state index in [0.717, 1.165) is 12.3 Å². The Morgan fingerprint density at radius 2 is 1.40 bits per heavy atom. The first-order chi connectivity index (χ1) is 9.38. The summed E-state index contributed by atoms with van der Waals surface area (Å²) in [7, 11) is 0. The molecular formula is C12H6F5NO2. The van der Waals surface area contributed by atoms with Gasteiger partial charge in [0.1, 0.15) is 11.4 Å². The maximum Gasteiger partial charge on any atom is 0.200 e. The lowest BCUT2D eigenvalue weighted by molar-refractivity contribution is 0.270. The second-order valence-electron chi connectivity index (χ2n) is 3.79.